The minimum absolute atomic E-state index is 0.0643. The van der Waals surface area contributed by atoms with E-state index in [1.807, 2.05) is 47.5 Å². The van der Waals surface area contributed by atoms with Crippen LogP contribution in [0, 0.1) is 5.92 Å². The molecule has 1 amide bonds. The quantitative estimate of drug-likeness (QED) is 0.462. The fourth-order valence-corrected chi connectivity index (χ4v) is 4.08. The standard InChI is InChI=1S/C26H31N3O5/c1-3-33-25(30)15-20-14-22-16-23(8-9-24(22)34-18-20)28(2)26(31)21-6-4-19(5-7-21)17-27-29-10-12-32-13-11-29/h4-9,16-17,20H,3,10-15,18H2,1-2H3. The van der Waals surface area contributed by atoms with Crippen LogP contribution in [0.2, 0.25) is 0 Å². The largest absolute Gasteiger partial charge is 0.493 e. The first kappa shape index (κ1) is 23.8. The lowest BCUT2D eigenvalue weighted by Gasteiger charge is -2.26. The number of carbonyl (C=O) groups excluding carboxylic acids is 2. The van der Waals surface area contributed by atoms with E-state index in [-0.39, 0.29) is 17.8 Å². The van der Waals surface area contributed by atoms with E-state index in [9.17, 15) is 9.59 Å². The van der Waals surface area contributed by atoms with Crippen LogP contribution in [-0.2, 0) is 20.7 Å². The van der Waals surface area contributed by atoms with Crippen LogP contribution in [0.3, 0.4) is 0 Å². The Kier molecular flexibility index (Phi) is 7.80. The lowest BCUT2D eigenvalue weighted by Crippen LogP contribution is -2.32. The summed E-state index contributed by atoms with van der Waals surface area (Å²) < 4.78 is 16.2. The SMILES string of the molecule is CCOC(=O)CC1COc2ccc(N(C)C(=O)c3ccc(C=NN4CCOCC4)cc3)cc2C1. The van der Waals surface area contributed by atoms with Gasteiger partial charge in [0.05, 0.1) is 52.2 Å². The summed E-state index contributed by atoms with van der Waals surface area (Å²) in [6, 6.07) is 13.2. The van der Waals surface area contributed by atoms with Crippen LogP contribution in [0.4, 0.5) is 5.69 Å². The van der Waals surface area contributed by atoms with Crippen LogP contribution in [-0.4, -0.2) is 69.7 Å². The van der Waals surface area contributed by atoms with Crippen LogP contribution in [0.5, 0.6) is 5.75 Å². The summed E-state index contributed by atoms with van der Waals surface area (Å²) in [6.07, 6.45) is 2.84. The van der Waals surface area contributed by atoms with Gasteiger partial charge in [0.15, 0.2) is 0 Å². The van der Waals surface area contributed by atoms with Crippen molar-refractivity contribution in [3.8, 4) is 5.75 Å². The first-order chi connectivity index (χ1) is 16.5. The van der Waals surface area contributed by atoms with Crippen molar-refractivity contribution >= 4 is 23.8 Å². The van der Waals surface area contributed by atoms with E-state index in [1.54, 1.807) is 25.1 Å². The molecular formula is C26H31N3O5. The molecule has 180 valence electrons. The Morgan fingerprint density at radius 2 is 1.94 bits per heavy atom. The monoisotopic (exact) mass is 465 g/mol. The van der Waals surface area contributed by atoms with Crippen molar-refractivity contribution in [2.45, 2.75) is 19.8 Å². The molecule has 2 aliphatic rings. The number of benzene rings is 2. The normalized spacial score (nSPS) is 17.7. The fourth-order valence-electron chi connectivity index (χ4n) is 4.08. The molecule has 2 aromatic rings. The highest BCUT2D eigenvalue weighted by Gasteiger charge is 2.24. The second-order valence-corrected chi connectivity index (χ2v) is 8.48. The van der Waals surface area contributed by atoms with Crippen molar-refractivity contribution in [1.82, 2.24) is 5.01 Å². The number of esters is 1. The topological polar surface area (TPSA) is 80.7 Å². The van der Waals surface area contributed by atoms with Crippen molar-refractivity contribution in [2.75, 3.05) is 51.5 Å². The highest BCUT2D eigenvalue weighted by atomic mass is 16.5. The molecule has 0 saturated carbocycles. The van der Waals surface area contributed by atoms with Crippen LogP contribution in [0.25, 0.3) is 0 Å². The number of amides is 1. The average Bonchev–Trinajstić information content (AvgIpc) is 2.87. The second-order valence-electron chi connectivity index (χ2n) is 8.48. The fraction of sp³-hybridized carbons (Fsp3) is 0.423. The molecule has 0 bridgehead atoms. The number of fused-ring (bicyclic) bond motifs is 1. The van der Waals surface area contributed by atoms with Crippen molar-refractivity contribution in [3.63, 3.8) is 0 Å². The van der Waals surface area contributed by atoms with Crippen LogP contribution >= 0.6 is 0 Å². The van der Waals surface area contributed by atoms with Gasteiger partial charge in [-0.25, -0.2) is 0 Å². The van der Waals surface area contributed by atoms with Gasteiger partial charge in [-0.2, -0.15) is 5.10 Å². The van der Waals surface area contributed by atoms with Gasteiger partial charge in [-0.05, 0) is 54.8 Å². The maximum Gasteiger partial charge on any atom is 0.306 e. The number of carbonyl (C=O) groups is 2. The molecule has 0 radical (unpaired) electrons. The van der Waals surface area contributed by atoms with Gasteiger partial charge in [0.25, 0.3) is 5.91 Å². The highest BCUT2D eigenvalue weighted by molar-refractivity contribution is 6.06. The zero-order chi connectivity index (χ0) is 23.9. The van der Waals surface area contributed by atoms with E-state index in [0.29, 0.717) is 44.8 Å². The van der Waals surface area contributed by atoms with E-state index in [2.05, 4.69) is 5.10 Å². The van der Waals surface area contributed by atoms with Crippen molar-refractivity contribution in [2.24, 2.45) is 11.0 Å². The maximum atomic E-state index is 13.1. The third-order valence-corrected chi connectivity index (χ3v) is 6.00. The lowest BCUT2D eigenvalue weighted by molar-refractivity contribution is -0.144. The lowest BCUT2D eigenvalue weighted by atomic mass is 9.93. The molecule has 8 heteroatoms. The van der Waals surface area contributed by atoms with Gasteiger partial charge in [-0.3, -0.25) is 14.6 Å². The highest BCUT2D eigenvalue weighted by Crippen LogP contribution is 2.32. The van der Waals surface area contributed by atoms with Gasteiger partial charge in [0, 0.05) is 24.2 Å². The minimum Gasteiger partial charge on any atom is -0.493 e. The Labute approximate surface area is 200 Å². The van der Waals surface area contributed by atoms with E-state index in [1.165, 1.54) is 0 Å². The Bertz CT molecular complexity index is 1030. The molecule has 2 aliphatic heterocycles. The van der Waals surface area contributed by atoms with Crippen molar-refractivity contribution < 1.29 is 23.8 Å². The Morgan fingerprint density at radius 1 is 1.18 bits per heavy atom. The Hall–Kier alpha value is -3.39. The molecule has 8 nitrogen and oxygen atoms in total. The van der Waals surface area contributed by atoms with Crippen LogP contribution in [0.15, 0.2) is 47.6 Å². The second kappa shape index (κ2) is 11.2. The molecule has 0 spiro atoms. The summed E-state index contributed by atoms with van der Waals surface area (Å²) in [7, 11) is 1.76. The summed E-state index contributed by atoms with van der Waals surface area (Å²) in [5.74, 6) is 0.556. The molecule has 34 heavy (non-hydrogen) atoms. The van der Waals surface area contributed by atoms with E-state index in [0.717, 1.165) is 35.7 Å². The average molecular weight is 466 g/mol. The van der Waals surface area contributed by atoms with Crippen LogP contribution < -0.4 is 9.64 Å². The summed E-state index contributed by atoms with van der Waals surface area (Å²) in [6.45, 7) is 5.62. The third-order valence-electron chi connectivity index (χ3n) is 6.00. The van der Waals surface area contributed by atoms with Crippen molar-refractivity contribution in [3.05, 3.63) is 59.2 Å². The summed E-state index contributed by atoms with van der Waals surface area (Å²) in [5, 5.41) is 6.46. The molecule has 2 heterocycles. The van der Waals surface area contributed by atoms with Gasteiger partial charge in [0.2, 0.25) is 0 Å². The van der Waals surface area contributed by atoms with E-state index in [4.69, 9.17) is 14.2 Å². The minimum atomic E-state index is -0.207. The number of anilines is 1. The molecule has 4 rings (SSSR count). The summed E-state index contributed by atoms with van der Waals surface area (Å²) in [5.41, 5.74) is 3.30. The van der Waals surface area contributed by atoms with Crippen LogP contribution in [0.1, 0.15) is 34.8 Å². The zero-order valence-corrected chi connectivity index (χ0v) is 19.7. The number of ether oxygens (including phenoxy) is 3. The number of hydrogen-bond acceptors (Lipinski definition) is 7. The summed E-state index contributed by atoms with van der Waals surface area (Å²) in [4.78, 5) is 26.6. The van der Waals surface area contributed by atoms with Gasteiger partial charge in [-0.15, -0.1) is 0 Å². The smallest absolute Gasteiger partial charge is 0.306 e. The Balaban J connectivity index is 1.39. The number of hydrazone groups is 1. The van der Waals surface area contributed by atoms with E-state index >= 15 is 0 Å². The predicted molar refractivity (Wildman–Crippen MR) is 130 cm³/mol. The van der Waals surface area contributed by atoms with Gasteiger partial charge >= 0.3 is 5.97 Å². The molecule has 0 aromatic heterocycles. The molecule has 1 atom stereocenters. The maximum absolute atomic E-state index is 13.1. The molecular weight excluding hydrogens is 434 g/mol. The number of morpholine rings is 1. The number of hydrogen-bond donors (Lipinski definition) is 0. The molecule has 1 unspecified atom stereocenters. The molecule has 1 fully saturated rings. The molecule has 0 aliphatic carbocycles. The molecule has 2 aromatic carbocycles. The van der Waals surface area contributed by atoms with Gasteiger partial charge in [-0.1, -0.05) is 12.1 Å². The molecule has 1 saturated heterocycles. The first-order valence-electron chi connectivity index (χ1n) is 11.7. The Morgan fingerprint density at radius 3 is 2.68 bits per heavy atom. The summed E-state index contributed by atoms with van der Waals surface area (Å²) >= 11 is 0. The zero-order valence-electron chi connectivity index (χ0n) is 19.7. The van der Waals surface area contributed by atoms with Gasteiger partial charge < -0.3 is 19.1 Å². The van der Waals surface area contributed by atoms with Crippen molar-refractivity contribution in [1.29, 1.82) is 0 Å². The number of rotatable bonds is 7. The first-order valence-corrected chi connectivity index (χ1v) is 11.7. The number of nitrogens with zero attached hydrogens (tertiary/aromatic N) is 3. The predicted octanol–water partition coefficient (Wildman–Crippen LogP) is 3.13. The van der Waals surface area contributed by atoms with E-state index < -0.39 is 0 Å². The molecule has 0 N–H and O–H groups in total. The van der Waals surface area contributed by atoms with Gasteiger partial charge in [0.1, 0.15) is 5.75 Å². The third kappa shape index (κ3) is 5.94.